The number of Topliss-reactive ketones (excluding diaryl/α,β-unsaturated/α-hetero) is 1. The van der Waals surface area contributed by atoms with Gasteiger partial charge in [0.2, 0.25) is 0 Å². The molecule has 6 nitrogen and oxygen atoms in total. The van der Waals surface area contributed by atoms with Crippen molar-refractivity contribution in [2.45, 2.75) is 18.0 Å². The minimum Gasteiger partial charge on any atom is -0.497 e. The third-order valence-electron chi connectivity index (χ3n) is 7.04. The third kappa shape index (κ3) is 3.26. The number of fused-ring (bicyclic) bond motifs is 3. The van der Waals surface area contributed by atoms with Crippen LogP contribution in [-0.4, -0.2) is 30.9 Å². The van der Waals surface area contributed by atoms with Crippen molar-refractivity contribution < 1.29 is 14.3 Å². The fourth-order valence-electron chi connectivity index (χ4n) is 5.49. The van der Waals surface area contributed by atoms with Crippen LogP contribution in [0.2, 0.25) is 0 Å². The number of carbonyl (C=O) groups is 1. The summed E-state index contributed by atoms with van der Waals surface area (Å²) in [6.45, 7) is 0. The Hall–Kier alpha value is -4.55. The van der Waals surface area contributed by atoms with E-state index < -0.39 is 23.4 Å². The summed E-state index contributed by atoms with van der Waals surface area (Å²) in [5, 5.41) is 21.3. The molecule has 0 bridgehead atoms. The SMILES string of the molecule is COc1ccc(OC)c(C2C(C(=O)c3ccccc3)N3C=Cc4ccccc4C3C2(C#N)C#N)c1. The molecule has 172 valence electrons. The van der Waals surface area contributed by atoms with E-state index in [0.29, 0.717) is 22.6 Å². The van der Waals surface area contributed by atoms with Gasteiger partial charge in [0.25, 0.3) is 0 Å². The average Bonchev–Trinajstić information content (AvgIpc) is 3.23. The van der Waals surface area contributed by atoms with Gasteiger partial charge in [-0.15, -0.1) is 0 Å². The molecule has 3 aromatic carbocycles. The maximum Gasteiger partial charge on any atom is 0.185 e. The van der Waals surface area contributed by atoms with Crippen molar-refractivity contribution in [3.05, 3.63) is 101 Å². The second-order valence-electron chi connectivity index (χ2n) is 8.65. The predicted octanol–water partition coefficient (Wildman–Crippen LogP) is 5.11. The topological polar surface area (TPSA) is 86.3 Å². The highest BCUT2D eigenvalue weighted by molar-refractivity contribution is 6.01. The van der Waals surface area contributed by atoms with Gasteiger partial charge in [0.15, 0.2) is 11.2 Å². The van der Waals surface area contributed by atoms with E-state index in [2.05, 4.69) is 12.1 Å². The molecule has 3 aromatic rings. The van der Waals surface area contributed by atoms with Crippen molar-refractivity contribution in [2.75, 3.05) is 14.2 Å². The summed E-state index contributed by atoms with van der Waals surface area (Å²) in [6, 6.07) is 25.2. The zero-order valence-corrected chi connectivity index (χ0v) is 19.4. The molecule has 2 aliphatic heterocycles. The monoisotopic (exact) mass is 461 g/mol. The molecule has 2 heterocycles. The molecule has 5 rings (SSSR count). The van der Waals surface area contributed by atoms with E-state index in [1.54, 1.807) is 37.4 Å². The summed E-state index contributed by atoms with van der Waals surface area (Å²) in [5.74, 6) is 0.0730. The number of hydrogen-bond acceptors (Lipinski definition) is 6. The number of ether oxygens (including phenoxy) is 2. The molecule has 0 saturated carbocycles. The zero-order valence-electron chi connectivity index (χ0n) is 19.4. The Morgan fingerprint density at radius 3 is 2.31 bits per heavy atom. The van der Waals surface area contributed by atoms with E-state index in [1.165, 1.54) is 7.11 Å². The first kappa shape index (κ1) is 22.3. The standard InChI is InChI=1S/C29H23N3O3/c1-34-21-12-13-24(35-2)23(16-21)25-26(27(33)20-9-4-3-5-10-20)32-15-14-19-8-6-7-11-22(19)28(32)29(25,17-30)18-31/h3-16,25-26,28H,1-2H3. The van der Waals surface area contributed by atoms with Gasteiger partial charge < -0.3 is 14.4 Å². The van der Waals surface area contributed by atoms with Crippen LogP contribution in [0.3, 0.4) is 0 Å². The van der Waals surface area contributed by atoms with Crippen molar-refractivity contribution >= 4 is 11.9 Å². The smallest absolute Gasteiger partial charge is 0.185 e. The van der Waals surface area contributed by atoms with Crippen LogP contribution >= 0.6 is 0 Å². The van der Waals surface area contributed by atoms with Gasteiger partial charge in [0.1, 0.15) is 17.5 Å². The highest BCUT2D eigenvalue weighted by Gasteiger charge is 2.64. The highest BCUT2D eigenvalue weighted by Crippen LogP contribution is 2.61. The summed E-state index contributed by atoms with van der Waals surface area (Å²) in [5.41, 5.74) is 1.29. The Bertz CT molecular complexity index is 1390. The second-order valence-corrected chi connectivity index (χ2v) is 8.65. The van der Waals surface area contributed by atoms with Gasteiger partial charge in [-0.25, -0.2) is 0 Å². The van der Waals surface area contributed by atoms with Crippen LogP contribution in [0, 0.1) is 28.1 Å². The van der Waals surface area contributed by atoms with E-state index in [4.69, 9.17) is 9.47 Å². The lowest BCUT2D eigenvalue weighted by atomic mass is 9.67. The first-order valence-electron chi connectivity index (χ1n) is 11.3. The number of benzene rings is 3. The quantitative estimate of drug-likeness (QED) is 0.491. The Morgan fingerprint density at radius 1 is 0.914 bits per heavy atom. The van der Waals surface area contributed by atoms with E-state index in [-0.39, 0.29) is 5.78 Å². The predicted molar refractivity (Wildman–Crippen MR) is 131 cm³/mol. The van der Waals surface area contributed by atoms with Crippen molar-refractivity contribution in [3.8, 4) is 23.6 Å². The van der Waals surface area contributed by atoms with Gasteiger partial charge in [0, 0.05) is 17.3 Å². The lowest BCUT2D eigenvalue weighted by Crippen LogP contribution is -2.37. The molecule has 0 spiro atoms. The molecule has 2 aliphatic rings. The summed E-state index contributed by atoms with van der Waals surface area (Å²) < 4.78 is 11.1. The number of methoxy groups -OCH3 is 2. The van der Waals surface area contributed by atoms with Gasteiger partial charge >= 0.3 is 0 Å². The van der Waals surface area contributed by atoms with Crippen molar-refractivity contribution in [3.63, 3.8) is 0 Å². The fraction of sp³-hybridized carbons (Fsp3) is 0.207. The van der Waals surface area contributed by atoms with E-state index in [1.807, 2.05) is 59.6 Å². The number of nitrogens with zero attached hydrogens (tertiary/aromatic N) is 3. The third-order valence-corrected chi connectivity index (χ3v) is 7.04. The van der Waals surface area contributed by atoms with Crippen LogP contribution in [0.5, 0.6) is 11.5 Å². The number of ketones is 1. The van der Waals surface area contributed by atoms with E-state index in [0.717, 1.165) is 11.1 Å². The number of hydrogen-bond donors (Lipinski definition) is 0. The molecule has 35 heavy (non-hydrogen) atoms. The summed E-state index contributed by atoms with van der Waals surface area (Å²) in [7, 11) is 3.09. The fourth-order valence-corrected chi connectivity index (χ4v) is 5.49. The molecule has 0 aliphatic carbocycles. The number of rotatable bonds is 5. The molecule has 1 saturated heterocycles. The van der Waals surface area contributed by atoms with Crippen molar-refractivity contribution in [2.24, 2.45) is 5.41 Å². The maximum atomic E-state index is 14.1. The molecule has 3 atom stereocenters. The largest absolute Gasteiger partial charge is 0.497 e. The Morgan fingerprint density at radius 2 is 1.63 bits per heavy atom. The molecule has 0 N–H and O–H groups in total. The van der Waals surface area contributed by atoms with Crippen molar-refractivity contribution in [1.82, 2.24) is 4.90 Å². The molecule has 1 fully saturated rings. The molecular formula is C29H23N3O3. The number of nitriles is 2. The van der Waals surface area contributed by atoms with Crippen molar-refractivity contribution in [1.29, 1.82) is 10.5 Å². The Labute approximate surface area is 204 Å². The minimum atomic E-state index is -1.57. The second kappa shape index (κ2) is 8.66. The normalized spacial score (nSPS) is 21.3. The van der Waals surface area contributed by atoms with Gasteiger partial charge in [-0.3, -0.25) is 4.79 Å². The maximum absolute atomic E-state index is 14.1. The summed E-state index contributed by atoms with van der Waals surface area (Å²) in [4.78, 5) is 16.0. The average molecular weight is 462 g/mol. The van der Waals surface area contributed by atoms with Gasteiger partial charge in [-0.2, -0.15) is 10.5 Å². The van der Waals surface area contributed by atoms with Crippen LogP contribution < -0.4 is 9.47 Å². The summed E-state index contributed by atoms with van der Waals surface area (Å²) >= 11 is 0. The molecule has 0 amide bonds. The van der Waals surface area contributed by atoms with Gasteiger partial charge in [-0.1, -0.05) is 54.6 Å². The molecule has 6 heteroatoms. The molecule has 0 radical (unpaired) electrons. The van der Waals surface area contributed by atoms with Crippen LogP contribution in [0.15, 0.2) is 79.0 Å². The Kier molecular flexibility index (Phi) is 5.51. The van der Waals surface area contributed by atoms with Crippen LogP contribution in [-0.2, 0) is 0 Å². The van der Waals surface area contributed by atoms with Gasteiger partial charge in [-0.05, 0) is 35.4 Å². The Balaban J connectivity index is 1.82. The molecule has 3 unspecified atom stereocenters. The zero-order chi connectivity index (χ0) is 24.6. The molecular weight excluding hydrogens is 438 g/mol. The van der Waals surface area contributed by atoms with E-state index >= 15 is 0 Å². The number of carbonyl (C=O) groups excluding carboxylic acids is 1. The molecule has 0 aromatic heterocycles. The summed E-state index contributed by atoms with van der Waals surface area (Å²) in [6.07, 6.45) is 3.77. The van der Waals surface area contributed by atoms with Crippen LogP contribution in [0.4, 0.5) is 0 Å². The van der Waals surface area contributed by atoms with Gasteiger partial charge in [0.05, 0.1) is 38.3 Å². The van der Waals surface area contributed by atoms with Crippen LogP contribution in [0.1, 0.15) is 39.0 Å². The lowest BCUT2D eigenvalue weighted by Gasteiger charge is -2.34. The first-order chi connectivity index (χ1) is 17.1. The minimum absolute atomic E-state index is 0.165. The highest BCUT2D eigenvalue weighted by atomic mass is 16.5. The van der Waals surface area contributed by atoms with E-state index in [9.17, 15) is 15.3 Å². The van der Waals surface area contributed by atoms with Crippen LogP contribution in [0.25, 0.3) is 6.08 Å². The lowest BCUT2D eigenvalue weighted by molar-refractivity contribution is 0.0874. The first-order valence-corrected chi connectivity index (χ1v) is 11.3.